The molecular weight excluding hydrogens is 528 g/mol. The lowest BCUT2D eigenvalue weighted by Crippen LogP contribution is -2.50. The number of hydrogen-bond donors (Lipinski definition) is 2. The second-order valence-corrected chi connectivity index (χ2v) is 10.2. The van der Waals surface area contributed by atoms with Crippen LogP contribution in [0.25, 0.3) is 0 Å². The molecule has 0 fully saturated rings. The quantitative estimate of drug-likeness (QED) is 0.215. The van der Waals surface area contributed by atoms with Gasteiger partial charge >= 0.3 is 0 Å². The summed E-state index contributed by atoms with van der Waals surface area (Å²) in [6.45, 7) is 0.962. The first-order chi connectivity index (χ1) is 20.6. The molecule has 0 bridgehead atoms. The van der Waals surface area contributed by atoms with Crippen LogP contribution < -0.4 is 14.8 Å². The Hall–Kier alpha value is -4.62. The normalized spacial score (nSPS) is 17.7. The number of amides is 1. The third kappa shape index (κ3) is 6.81. The van der Waals surface area contributed by atoms with E-state index in [0.717, 1.165) is 28.0 Å². The number of carbonyl (C=O) groups is 1. The van der Waals surface area contributed by atoms with Gasteiger partial charge in [0.05, 0.1) is 13.7 Å². The molecule has 216 valence electrons. The molecule has 0 aliphatic carbocycles. The van der Waals surface area contributed by atoms with Crippen molar-refractivity contribution in [1.29, 1.82) is 0 Å². The Balaban J connectivity index is 1.46. The lowest BCUT2D eigenvalue weighted by Gasteiger charge is -2.31. The third-order valence-corrected chi connectivity index (χ3v) is 7.31. The lowest BCUT2D eigenvalue weighted by atomic mass is 9.82. The van der Waals surface area contributed by atoms with Gasteiger partial charge in [-0.25, -0.2) is 4.99 Å². The van der Waals surface area contributed by atoms with Crippen molar-refractivity contribution >= 4 is 11.8 Å². The van der Waals surface area contributed by atoms with E-state index < -0.39 is 11.6 Å². The molecule has 0 radical (unpaired) electrons. The molecule has 5 rings (SSSR count). The SMILES string of the molecule is COc1ccc(CCNC(=O)[C@]2(Cc3ccccc3)N=C(c3ccc(OCCCO)cc3)O[C@@H]2c2ccccc2)cc1. The van der Waals surface area contributed by atoms with E-state index in [-0.39, 0.29) is 12.5 Å². The molecule has 0 unspecified atom stereocenters. The second kappa shape index (κ2) is 13.8. The van der Waals surface area contributed by atoms with Gasteiger partial charge in [-0.1, -0.05) is 72.8 Å². The Morgan fingerprint density at radius 1 is 0.881 bits per heavy atom. The Morgan fingerprint density at radius 3 is 2.21 bits per heavy atom. The molecular formula is C35H36N2O5. The fourth-order valence-corrected chi connectivity index (χ4v) is 5.08. The monoisotopic (exact) mass is 564 g/mol. The molecule has 0 saturated carbocycles. The zero-order chi connectivity index (χ0) is 29.2. The highest BCUT2D eigenvalue weighted by Crippen LogP contribution is 2.42. The molecule has 2 atom stereocenters. The molecule has 0 aromatic heterocycles. The summed E-state index contributed by atoms with van der Waals surface area (Å²) in [4.78, 5) is 19.4. The number of hydrogen-bond acceptors (Lipinski definition) is 6. The summed E-state index contributed by atoms with van der Waals surface area (Å²) in [6, 6.07) is 35.0. The smallest absolute Gasteiger partial charge is 0.252 e. The zero-order valence-electron chi connectivity index (χ0n) is 23.7. The number of carbonyl (C=O) groups excluding carboxylic acids is 1. The number of nitrogens with one attached hydrogen (secondary N) is 1. The first-order valence-corrected chi connectivity index (χ1v) is 14.2. The van der Waals surface area contributed by atoms with Crippen molar-refractivity contribution in [2.24, 2.45) is 4.99 Å². The van der Waals surface area contributed by atoms with Gasteiger partial charge in [0.15, 0.2) is 11.6 Å². The fraction of sp³-hybridized carbons (Fsp3) is 0.257. The molecule has 7 nitrogen and oxygen atoms in total. The summed E-state index contributed by atoms with van der Waals surface area (Å²) in [5.74, 6) is 1.71. The molecule has 0 saturated heterocycles. The number of benzene rings is 4. The number of methoxy groups -OCH3 is 1. The number of aliphatic hydroxyl groups excluding tert-OH is 1. The predicted molar refractivity (Wildman–Crippen MR) is 163 cm³/mol. The van der Waals surface area contributed by atoms with Crippen molar-refractivity contribution in [3.63, 3.8) is 0 Å². The van der Waals surface area contributed by atoms with E-state index in [0.29, 0.717) is 44.1 Å². The van der Waals surface area contributed by atoms with E-state index in [2.05, 4.69) is 5.32 Å². The van der Waals surface area contributed by atoms with Crippen LogP contribution in [0.4, 0.5) is 0 Å². The summed E-state index contributed by atoms with van der Waals surface area (Å²) in [6.07, 6.45) is 0.970. The summed E-state index contributed by atoms with van der Waals surface area (Å²) >= 11 is 0. The molecule has 0 spiro atoms. The topological polar surface area (TPSA) is 89.4 Å². The van der Waals surface area contributed by atoms with Crippen molar-refractivity contribution in [2.45, 2.75) is 30.9 Å². The highest BCUT2D eigenvalue weighted by Gasteiger charge is 2.53. The van der Waals surface area contributed by atoms with Crippen LogP contribution in [0, 0.1) is 0 Å². The first-order valence-electron chi connectivity index (χ1n) is 14.2. The van der Waals surface area contributed by atoms with Gasteiger partial charge in [0.1, 0.15) is 11.5 Å². The summed E-state index contributed by atoms with van der Waals surface area (Å²) in [5.41, 5.74) is 2.49. The van der Waals surface area contributed by atoms with Crippen LogP contribution >= 0.6 is 0 Å². The summed E-state index contributed by atoms with van der Waals surface area (Å²) in [5, 5.41) is 12.2. The molecule has 1 aliphatic heterocycles. The Bertz CT molecular complexity index is 1460. The Morgan fingerprint density at radius 2 is 1.55 bits per heavy atom. The van der Waals surface area contributed by atoms with E-state index >= 15 is 0 Å². The van der Waals surface area contributed by atoms with Crippen molar-refractivity contribution in [3.8, 4) is 11.5 Å². The number of aliphatic hydroxyl groups is 1. The Kier molecular flexibility index (Phi) is 9.51. The van der Waals surface area contributed by atoms with Crippen LogP contribution in [-0.2, 0) is 22.4 Å². The van der Waals surface area contributed by atoms with Crippen molar-refractivity contribution in [2.75, 3.05) is 26.9 Å². The predicted octanol–water partition coefficient (Wildman–Crippen LogP) is 5.31. The van der Waals surface area contributed by atoms with E-state index in [4.69, 9.17) is 24.3 Å². The van der Waals surface area contributed by atoms with E-state index in [9.17, 15) is 4.79 Å². The van der Waals surface area contributed by atoms with Crippen molar-refractivity contribution < 1.29 is 24.1 Å². The van der Waals surface area contributed by atoms with Gasteiger partial charge in [0, 0.05) is 31.6 Å². The molecule has 1 amide bonds. The highest BCUT2D eigenvalue weighted by atomic mass is 16.5. The molecule has 7 heteroatoms. The minimum absolute atomic E-state index is 0.0786. The number of nitrogens with zero attached hydrogens (tertiary/aromatic N) is 1. The van der Waals surface area contributed by atoms with Crippen LogP contribution in [0.2, 0.25) is 0 Å². The van der Waals surface area contributed by atoms with Crippen LogP contribution in [0.15, 0.2) is 114 Å². The number of aliphatic imine (C=N–C) groups is 1. The minimum atomic E-state index is -1.23. The van der Waals surface area contributed by atoms with Gasteiger partial charge < -0.3 is 24.6 Å². The summed E-state index contributed by atoms with van der Waals surface area (Å²) < 4.78 is 17.5. The first kappa shape index (κ1) is 28.9. The van der Waals surface area contributed by atoms with Gasteiger partial charge in [-0.15, -0.1) is 0 Å². The maximum absolute atomic E-state index is 14.3. The van der Waals surface area contributed by atoms with Gasteiger partial charge in [-0.05, 0) is 59.5 Å². The van der Waals surface area contributed by atoms with E-state index in [1.807, 2.05) is 109 Å². The van der Waals surface area contributed by atoms with Crippen molar-refractivity contribution in [3.05, 3.63) is 131 Å². The van der Waals surface area contributed by atoms with Crippen LogP contribution in [0.5, 0.6) is 11.5 Å². The molecule has 2 N–H and O–H groups in total. The molecule has 1 aliphatic rings. The molecule has 4 aromatic rings. The maximum Gasteiger partial charge on any atom is 0.252 e. The van der Waals surface area contributed by atoms with E-state index in [1.54, 1.807) is 7.11 Å². The molecule has 4 aromatic carbocycles. The largest absolute Gasteiger partial charge is 0.497 e. The standard InChI is InChI=1S/C35H36N2O5/c1-40-30-17-13-26(14-18-30)21-22-36-34(39)35(25-27-9-4-2-5-10-27)32(28-11-6-3-7-12-28)42-33(37-35)29-15-19-31(20-16-29)41-24-8-23-38/h2-7,9-20,32,38H,8,21-25H2,1H3,(H,36,39)/t32-,35-/m1/s1. The van der Waals surface area contributed by atoms with Gasteiger partial charge in [0.25, 0.3) is 5.91 Å². The average Bonchev–Trinajstić information content (AvgIpc) is 3.43. The van der Waals surface area contributed by atoms with Crippen LogP contribution in [-0.4, -0.2) is 49.3 Å². The van der Waals surface area contributed by atoms with Gasteiger partial charge in [-0.3, -0.25) is 4.79 Å². The zero-order valence-corrected chi connectivity index (χ0v) is 23.7. The van der Waals surface area contributed by atoms with Crippen LogP contribution in [0.3, 0.4) is 0 Å². The van der Waals surface area contributed by atoms with Crippen LogP contribution in [0.1, 0.15) is 34.8 Å². The van der Waals surface area contributed by atoms with E-state index in [1.165, 1.54) is 0 Å². The number of ether oxygens (including phenoxy) is 3. The highest BCUT2D eigenvalue weighted by molar-refractivity contribution is 6.01. The lowest BCUT2D eigenvalue weighted by molar-refractivity contribution is -0.128. The van der Waals surface area contributed by atoms with Crippen molar-refractivity contribution in [1.82, 2.24) is 5.32 Å². The molecule has 42 heavy (non-hydrogen) atoms. The fourth-order valence-electron chi connectivity index (χ4n) is 5.08. The minimum Gasteiger partial charge on any atom is -0.497 e. The van der Waals surface area contributed by atoms with Gasteiger partial charge in [0.2, 0.25) is 5.90 Å². The average molecular weight is 565 g/mol. The Labute approximate surface area is 246 Å². The van der Waals surface area contributed by atoms with Gasteiger partial charge in [-0.2, -0.15) is 0 Å². The molecule has 1 heterocycles. The number of rotatable bonds is 13. The maximum atomic E-state index is 14.3. The third-order valence-electron chi connectivity index (χ3n) is 7.31. The summed E-state index contributed by atoms with van der Waals surface area (Å²) in [7, 11) is 1.64. The second-order valence-electron chi connectivity index (χ2n) is 10.2.